The Kier molecular flexibility index (Phi) is 5.96. The molecule has 0 spiro atoms. The Morgan fingerprint density at radius 1 is 0.964 bits per heavy atom. The van der Waals surface area contributed by atoms with E-state index in [1.54, 1.807) is 24.3 Å². The monoisotopic (exact) mass is 376 g/mol. The highest BCUT2D eigenvalue weighted by Crippen LogP contribution is 2.19. The van der Waals surface area contributed by atoms with Crippen LogP contribution in [-0.2, 0) is 11.2 Å². The van der Waals surface area contributed by atoms with Crippen LogP contribution in [0.2, 0.25) is 0 Å². The lowest BCUT2D eigenvalue weighted by Crippen LogP contribution is -2.13. The number of rotatable bonds is 6. The molecule has 0 saturated heterocycles. The molecule has 0 bridgehead atoms. The first kappa shape index (κ1) is 19.0. The van der Waals surface area contributed by atoms with Crippen molar-refractivity contribution in [3.8, 4) is 0 Å². The zero-order valence-electron chi connectivity index (χ0n) is 15.6. The Labute approximate surface area is 162 Å². The molecule has 2 N–H and O–H groups in total. The van der Waals surface area contributed by atoms with Gasteiger partial charge in [-0.2, -0.15) is 0 Å². The molecule has 142 valence electrons. The van der Waals surface area contributed by atoms with Crippen LogP contribution in [0.15, 0.2) is 60.9 Å². The molecule has 28 heavy (non-hydrogen) atoms. The number of para-hydroxylation sites is 1. The molecule has 7 nitrogen and oxygen atoms in total. The SMILES string of the molecule is CCc1ccccc1Nc1ncc(C(=O)Nc2ccc(C(=O)OC)cc2)cn1. The smallest absolute Gasteiger partial charge is 0.337 e. The number of nitrogens with one attached hydrogen (secondary N) is 2. The van der Waals surface area contributed by atoms with Crippen LogP contribution in [0, 0.1) is 0 Å². The van der Waals surface area contributed by atoms with E-state index in [0.29, 0.717) is 22.8 Å². The quantitative estimate of drug-likeness (QED) is 0.635. The van der Waals surface area contributed by atoms with Crippen molar-refractivity contribution in [1.82, 2.24) is 9.97 Å². The van der Waals surface area contributed by atoms with Gasteiger partial charge in [0.05, 0.1) is 18.2 Å². The summed E-state index contributed by atoms with van der Waals surface area (Å²) < 4.78 is 4.65. The van der Waals surface area contributed by atoms with Crippen LogP contribution in [0.25, 0.3) is 0 Å². The average Bonchev–Trinajstić information content (AvgIpc) is 2.74. The van der Waals surface area contributed by atoms with Gasteiger partial charge in [0, 0.05) is 23.8 Å². The second kappa shape index (κ2) is 8.77. The Morgan fingerprint density at radius 3 is 2.29 bits per heavy atom. The third-order valence-electron chi connectivity index (χ3n) is 4.12. The first-order valence-electron chi connectivity index (χ1n) is 8.77. The van der Waals surface area contributed by atoms with Crippen LogP contribution in [0.5, 0.6) is 0 Å². The van der Waals surface area contributed by atoms with Crippen molar-refractivity contribution in [2.24, 2.45) is 0 Å². The fourth-order valence-corrected chi connectivity index (χ4v) is 2.59. The molecule has 7 heteroatoms. The molecule has 0 radical (unpaired) electrons. The van der Waals surface area contributed by atoms with Crippen LogP contribution in [0.1, 0.15) is 33.2 Å². The molecule has 1 aromatic heterocycles. The second-order valence-electron chi connectivity index (χ2n) is 5.95. The number of aryl methyl sites for hydroxylation is 1. The number of nitrogens with zero attached hydrogens (tertiary/aromatic N) is 2. The summed E-state index contributed by atoms with van der Waals surface area (Å²) >= 11 is 0. The van der Waals surface area contributed by atoms with Crippen molar-refractivity contribution in [1.29, 1.82) is 0 Å². The Morgan fingerprint density at radius 2 is 1.64 bits per heavy atom. The second-order valence-corrected chi connectivity index (χ2v) is 5.95. The predicted molar refractivity (Wildman–Crippen MR) is 107 cm³/mol. The molecule has 1 heterocycles. The Bertz CT molecular complexity index is 970. The minimum Gasteiger partial charge on any atom is -0.465 e. The van der Waals surface area contributed by atoms with Crippen molar-refractivity contribution in [2.75, 3.05) is 17.7 Å². The number of ether oxygens (including phenoxy) is 1. The summed E-state index contributed by atoms with van der Waals surface area (Å²) in [5.74, 6) is -0.356. The van der Waals surface area contributed by atoms with Crippen molar-refractivity contribution in [3.63, 3.8) is 0 Å². The fraction of sp³-hybridized carbons (Fsp3) is 0.143. The van der Waals surface area contributed by atoms with Crippen LogP contribution in [-0.4, -0.2) is 29.0 Å². The lowest BCUT2D eigenvalue weighted by Gasteiger charge is -2.10. The molecule has 0 saturated carbocycles. The molecule has 0 atom stereocenters. The molecule has 0 unspecified atom stereocenters. The zero-order valence-corrected chi connectivity index (χ0v) is 15.6. The zero-order chi connectivity index (χ0) is 19.9. The van der Waals surface area contributed by atoms with E-state index in [2.05, 4.69) is 32.3 Å². The average molecular weight is 376 g/mol. The number of carbonyl (C=O) groups excluding carboxylic acids is 2. The van der Waals surface area contributed by atoms with E-state index in [9.17, 15) is 9.59 Å². The highest BCUT2D eigenvalue weighted by molar-refractivity contribution is 6.04. The molecule has 0 aliphatic heterocycles. The normalized spacial score (nSPS) is 10.2. The minimum atomic E-state index is -0.431. The van der Waals surface area contributed by atoms with Gasteiger partial charge in [-0.1, -0.05) is 25.1 Å². The van der Waals surface area contributed by atoms with Gasteiger partial charge in [0.15, 0.2) is 0 Å². The van der Waals surface area contributed by atoms with Gasteiger partial charge in [-0.25, -0.2) is 14.8 Å². The summed E-state index contributed by atoms with van der Waals surface area (Å²) in [4.78, 5) is 32.2. The first-order chi connectivity index (χ1) is 13.6. The third kappa shape index (κ3) is 4.50. The number of esters is 1. The third-order valence-corrected chi connectivity index (χ3v) is 4.12. The molecule has 3 rings (SSSR count). The van der Waals surface area contributed by atoms with Gasteiger partial charge in [-0.05, 0) is 42.3 Å². The van der Waals surface area contributed by atoms with Crippen molar-refractivity contribution >= 4 is 29.2 Å². The topological polar surface area (TPSA) is 93.2 Å². The van der Waals surface area contributed by atoms with E-state index in [0.717, 1.165) is 17.7 Å². The largest absolute Gasteiger partial charge is 0.465 e. The molecule has 3 aromatic rings. The highest BCUT2D eigenvalue weighted by Gasteiger charge is 2.10. The van der Waals surface area contributed by atoms with Crippen LogP contribution in [0.3, 0.4) is 0 Å². The minimum absolute atomic E-state index is 0.325. The van der Waals surface area contributed by atoms with Gasteiger partial charge >= 0.3 is 5.97 Å². The number of hydrogen-bond donors (Lipinski definition) is 2. The molecule has 0 aliphatic carbocycles. The lowest BCUT2D eigenvalue weighted by molar-refractivity contribution is 0.0600. The predicted octanol–water partition coefficient (Wildman–Crippen LogP) is 3.82. The Balaban J connectivity index is 1.66. The molecule has 2 aromatic carbocycles. The van der Waals surface area contributed by atoms with E-state index < -0.39 is 5.97 Å². The summed E-state index contributed by atoms with van der Waals surface area (Å²) in [6, 6.07) is 14.3. The molecule has 1 amide bonds. The highest BCUT2D eigenvalue weighted by atomic mass is 16.5. The maximum Gasteiger partial charge on any atom is 0.337 e. The summed E-state index contributed by atoms with van der Waals surface area (Å²) in [7, 11) is 1.32. The number of aromatic nitrogens is 2. The first-order valence-corrected chi connectivity index (χ1v) is 8.77. The van der Waals surface area contributed by atoms with Gasteiger partial charge in [0.1, 0.15) is 0 Å². The summed E-state index contributed by atoms with van der Waals surface area (Å²) in [6.45, 7) is 2.08. The maximum absolute atomic E-state index is 12.4. The van der Waals surface area contributed by atoms with Crippen LogP contribution >= 0.6 is 0 Å². The van der Waals surface area contributed by atoms with E-state index >= 15 is 0 Å². The summed E-state index contributed by atoms with van der Waals surface area (Å²) in [6.07, 6.45) is 3.81. The standard InChI is InChI=1S/C21H20N4O3/c1-3-14-6-4-5-7-18(14)25-21-22-12-16(13-23-21)19(26)24-17-10-8-15(9-11-17)20(27)28-2/h4-13H,3H2,1-2H3,(H,24,26)(H,22,23,25). The van der Waals surface area contributed by atoms with Crippen LogP contribution < -0.4 is 10.6 Å². The molecule has 0 aliphatic rings. The number of carbonyl (C=O) groups is 2. The molecule has 0 fully saturated rings. The van der Waals surface area contributed by atoms with E-state index in [1.807, 2.05) is 24.3 Å². The number of benzene rings is 2. The Hall–Kier alpha value is -3.74. The fourth-order valence-electron chi connectivity index (χ4n) is 2.59. The van der Waals surface area contributed by atoms with Gasteiger partial charge < -0.3 is 15.4 Å². The number of anilines is 3. The van der Waals surface area contributed by atoms with Crippen molar-refractivity contribution in [3.05, 3.63) is 77.6 Å². The van der Waals surface area contributed by atoms with Crippen LogP contribution in [0.4, 0.5) is 17.3 Å². The van der Waals surface area contributed by atoms with Gasteiger partial charge in [0.2, 0.25) is 5.95 Å². The van der Waals surface area contributed by atoms with Crippen molar-refractivity contribution in [2.45, 2.75) is 13.3 Å². The van der Waals surface area contributed by atoms with E-state index in [4.69, 9.17) is 0 Å². The molecular weight excluding hydrogens is 356 g/mol. The van der Waals surface area contributed by atoms with E-state index in [1.165, 1.54) is 19.5 Å². The lowest BCUT2D eigenvalue weighted by atomic mass is 10.1. The number of hydrogen-bond acceptors (Lipinski definition) is 6. The molecular formula is C21H20N4O3. The summed E-state index contributed by atoms with van der Waals surface area (Å²) in [5, 5.41) is 5.90. The van der Waals surface area contributed by atoms with Gasteiger partial charge in [-0.15, -0.1) is 0 Å². The number of methoxy groups -OCH3 is 1. The number of amides is 1. The summed E-state index contributed by atoms with van der Waals surface area (Å²) in [5.41, 5.74) is 3.38. The maximum atomic E-state index is 12.4. The van der Waals surface area contributed by atoms with Gasteiger partial charge in [-0.3, -0.25) is 4.79 Å². The van der Waals surface area contributed by atoms with Gasteiger partial charge in [0.25, 0.3) is 5.91 Å². The van der Waals surface area contributed by atoms with Crippen molar-refractivity contribution < 1.29 is 14.3 Å². The van der Waals surface area contributed by atoms with E-state index in [-0.39, 0.29) is 5.91 Å².